The number of rotatable bonds is 10. The highest BCUT2D eigenvalue weighted by Crippen LogP contribution is 2.25. The van der Waals surface area contributed by atoms with Crippen molar-refractivity contribution in [3.05, 3.63) is 36.3 Å². The van der Waals surface area contributed by atoms with Crippen molar-refractivity contribution in [2.24, 2.45) is 0 Å². The summed E-state index contributed by atoms with van der Waals surface area (Å²) in [6, 6.07) is 7.79. The van der Waals surface area contributed by atoms with E-state index >= 15 is 0 Å². The van der Waals surface area contributed by atoms with E-state index in [0.29, 0.717) is 17.5 Å². The van der Waals surface area contributed by atoms with Crippen molar-refractivity contribution in [3.63, 3.8) is 0 Å². The van der Waals surface area contributed by atoms with Crippen LogP contribution in [0.4, 0.5) is 11.6 Å². The van der Waals surface area contributed by atoms with Crippen molar-refractivity contribution >= 4 is 22.8 Å². The van der Waals surface area contributed by atoms with Gasteiger partial charge in [0.2, 0.25) is 11.8 Å². The molecular weight excluding hydrogens is 444 g/mol. The van der Waals surface area contributed by atoms with Crippen LogP contribution in [-0.2, 0) is 13.0 Å². The van der Waals surface area contributed by atoms with Crippen molar-refractivity contribution in [2.45, 2.75) is 52.0 Å². The summed E-state index contributed by atoms with van der Waals surface area (Å²) < 4.78 is 12.8. The number of methoxy groups -OCH3 is 1. The van der Waals surface area contributed by atoms with Crippen LogP contribution < -0.4 is 10.1 Å². The highest BCUT2D eigenvalue weighted by Gasteiger charge is 2.18. The van der Waals surface area contributed by atoms with Gasteiger partial charge in [-0.25, -0.2) is 15.0 Å². The highest BCUT2D eigenvalue weighted by molar-refractivity contribution is 5.76. The van der Waals surface area contributed by atoms with E-state index in [4.69, 9.17) is 19.2 Å². The molecule has 35 heavy (non-hydrogen) atoms. The van der Waals surface area contributed by atoms with E-state index in [1.807, 2.05) is 24.3 Å². The van der Waals surface area contributed by atoms with Crippen molar-refractivity contribution in [1.29, 1.82) is 0 Å². The largest absolute Gasteiger partial charge is 0.497 e. The first-order chi connectivity index (χ1) is 17.2. The highest BCUT2D eigenvalue weighted by atomic mass is 16.5. The van der Waals surface area contributed by atoms with E-state index in [0.717, 1.165) is 60.9 Å². The number of benzene rings is 1. The quantitative estimate of drug-likeness (QED) is 0.355. The second-order valence-corrected chi connectivity index (χ2v) is 8.86. The number of hydrogen-bond acceptors (Lipinski definition) is 9. The maximum absolute atomic E-state index is 5.43. The molecule has 1 aliphatic rings. The lowest BCUT2D eigenvalue weighted by Crippen LogP contribution is -2.31. The zero-order valence-corrected chi connectivity index (χ0v) is 20.4. The van der Waals surface area contributed by atoms with E-state index in [9.17, 15) is 0 Å². The third-order valence-corrected chi connectivity index (χ3v) is 6.27. The standard InChI is InChI=1S/C25H32N8O2/c1-3-8-21-29-24(35-31-21)22-26-17-20-23(30-22)33(16-7-15-32-13-5-4-6-14-32)25(28-20)27-18-9-11-19(34-2)12-10-18/h9-12,17H,3-8,13-16H2,1-2H3,(H,27,28). The normalized spacial score (nSPS) is 14.5. The summed E-state index contributed by atoms with van der Waals surface area (Å²) in [5.41, 5.74) is 2.39. The van der Waals surface area contributed by atoms with Gasteiger partial charge in [0.05, 0.1) is 13.3 Å². The fraction of sp³-hybridized carbons (Fsp3) is 0.480. The van der Waals surface area contributed by atoms with Crippen LogP contribution in [0.1, 0.15) is 44.9 Å². The first-order valence-corrected chi connectivity index (χ1v) is 12.4. The third-order valence-electron chi connectivity index (χ3n) is 6.27. The predicted octanol–water partition coefficient (Wildman–Crippen LogP) is 4.46. The van der Waals surface area contributed by atoms with Crippen molar-refractivity contribution in [3.8, 4) is 17.5 Å². The van der Waals surface area contributed by atoms with Gasteiger partial charge in [0, 0.05) is 18.7 Å². The van der Waals surface area contributed by atoms with E-state index < -0.39 is 0 Å². The van der Waals surface area contributed by atoms with Crippen molar-refractivity contribution in [2.75, 3.05) is 32.1 Å². The molecule has 0 saturated carbocycles. The van der Waals surface area contributed by atoms with Crippen molar-refractivity contribution in [1.82, 2.24) is 34.6 Å². The lowest BCUT2D eigenvalue weighted by Gasteiger charge is -2.26. The van der Waals surface area contributed by atoms with Crippen LogP contribution in [0.25, 0.3) is 22.9 Å². The minimum Gasteiger partial charge on any atom is -0.497 e. The lowest BCUT2D eigenvalue weighted by atomic mass is 10.1. The lowest BCUT2D eigenvalue weighted by molar-refractivity contribution is 0.223. The van der Waals surface area contributed by atoms with Gasteiger partial charge in [-0.3, -0.25) is 4.57 Å². The van der Waals surface area contributed by atoms with Gasteiger partial charge >= 0.3 is 0 Å². The number of fused-ring (bicyclic) bond motifs is 1. The van der Waals surface area contributed by atoms with Crippen LogP contribution in [0.3, 0.4) is 0 Å². The Bertz CT molecular complexity index is 1240. The summed E-state index contributed by atoms with van der Waals surface area (Å²) in [6.07, 6.45) is 8.36. The Morgan fingerprint density at radius 1 is 1.03 bits per heavy atom. The summed E-state index contributed by atoms with van der Waals surface area (Å²) in [5, 5.41) is 7.49. The van der Waals surface area contributed by atoms with Crippen molar-refractivity contribution < 1.29 is 9.26 Å². The minimum absolute atomic E-state index is 0.334. The van der Waals surface area contributed by atoms with Crippen LogP contribution in [0.15, 0.2) is 35.0 Å². The molecule has 10 heteroatoms. The Labute approximate surface area is 204 Å². The van der Waals surface area contributed by atoms with E-state index in [1.165, 1.54) is 32.4 Å². The number of nitrogens with zero attached hydrogens (tertiary/aromatic N) is 7. The number of nitrogens with one attached hydrogen (secondary N) is 1. The minimum atomic E-state index is 0.334. The second kappa shape index (κ2) is 10.8. The molecular formula is C25H32N8O2. The van der Waals surface area contributed by atoms with Gasteiger partial charge in [-0.2, -0.15) is 4.98 Å². The van der Waals surface area contributed by atoms with Gasteiger partial charge in [0.1, 0.15) is 11.3 Å². The number of piperidine rings is 1. The summed E-state index contributed by atoms with van der Waals surface area (Å²) in [5.74, 6) is 2.96. The molecule has 1 fully saturated rings. The molecule has 5 rings (SSSR count). The molecule has 1 N–H and O–H groups in total. The van der Waals surface area contributed by atoms with Crippen LogP contribution in [0.5, 0.6) is 5.75 Å². The number of aryl methyl sites for hydroxylation is 2. The van der Waals surface area contributed by atoms with Crippen LogP contribution in [-0.4, -0.2) is 61.3 Å². The molecule has 0 bridgehead atoms. The third kappa shape index (κ3) is 5.43. The monoisotopic (exact) mass is 476 g/mol. The molecule has 1 aliphatic heterocycles. The second-order valence-electron chi connectivity index (χ2n) is 8.86. The molecule has 3 aromatic heterocycles. The molecule has 184 valence electrons. The smallest absolute Gasteiger partial charge is 0.295 e. The average molecular weight is 477 g/mol. The van der Waals surface area contributed by atoms with Gasteiger partial charge in [-0.1, -0.05) is 18.5 Å². The summed E-state index contributed by atoms with van der Waals surface area (Å²) >= 11 is 0. The maximum Gasteiger partial charge on any atom is 0.295 e. The van der Waals surface area contributed by atoms with Gasteiger partial charge in [0.15, 0.2) is 11.5 Å². The Morgan fingerprint density at radius 2 is 1.86 bits per heavy atom. The number of likely N-dealkylation sites (tertiary alicyclic amines) is 1. The maximum atomic E-state index is 5.43. The predicted molar refractivity (Wildman–Crippen MR) is 134 cm³/mol. The first-order valence-electron chi connectivity index (χ1n) is 12.4. The van der Waals surface area contributed by atoms with E-state index in [1.54, 1.807) is 13.3 Å². The van der Waals surface area contributed by atoms with Crippen LogP contribution in [0.2, 0.25) is 0 Å². The fourth-order valence-electron chi connectivity index (χ4n) is 4.44. The zero-order chi connectivity index (χ0) is 24.0. The molecule has 0 aliphatic carbocycles. The average Bonchev–Trinajstić information content (AvgIpc) is 3.50. The van der Waals surface area contributed by atoms with Crippen LogP contribution >= 0.6 is 0 Å². The Kier molecular flexibility index (Phi) is 7.17. The first kappa shape index (κ1) is 23.2. The molecule has 0 unspecified atom stereocenters. The summed E-state index contributed by atoms with van der Waals surface area (Å²) in [7, 11) is 1.66. The molecule has 0 amide bonds. The van der Waals surface area contributed by atoms with Gasteiger partial charge in [-0.05, 0) is 69.6 Å². The topological polar surface area (TPSA) is 107 Å². The number of ether oxygens (including phenoxy) is 1. The Hall–Kier alpha value is -3.53. The molecule has 0 atom stereocenters. The molecule has 1 aromatic carbocycles. The van der Waals surface area contributed by atoms with E-state index in [-0.39, 0.29) is 0 Å². The van der Waals surface area contributed by atoms with Crippen LogP contribution in [0, 0.1) is 0 Å². The van der Waals surface area contributed by atoms with Gasteiger partial charge in [0.25, 0.3) is 5.89 Å². The van der Waals surface area contributed by atoms with Gasteiger partial charge < -0.3 is 19.5 Å². The number of imidazole rings is 1. The SMILES string of the molecule is CCCc1noc(-c2ncc3nc(Nc4ccc(OC)cc4)n(CCCN4CCCCC4)c3n2)n1. The molecule has 0 spiro atoms. The number of anilines is 2. The molecule has 0 radical (unpaired) electrons. The van der Waals surface area contributed by atoms with Gasteiger partial charge in [-0.15, -0.1) is 0 Å². The number of hydrogen-bond donors (Lipinski definition) is 1. The molecule has 4 heterocycles. The molecule has 1 saturated heterocycles. The fourth-order valence-corrected chi connectivity index (χ4v) is 4.44. The Balaban J connectivity index is 1.43. The molecule has 10 nitrogen and oxygen atoms in total. The summed E-state index contributed by atoms with van der Waals surface area (Å²) in [4.78, 5) is 21.1. The summed E-state index contributed by atoms with van der Waals surface area (Å²) in [6.45, 7) is 6.30. The Morgan fingerprint density at radius 3 is 2.63 bits per heavy atom. The number of aromatic nitrogens is 6. The molecule has 4 aromatic rings. The van der Waals surface area contributed by atoms with E-state index in [2.05, 4.69) is 36.8 Å². The zero-order valence-electron chi connectivity index (χ0n) is 20.4.